The summed E-state index contributed by atoms with van der Waals surface area (Å²) in [5, 5.41) is 11.5. The van der Waals surface area contributed by atoms with Gasteiger partial charge in [-0.15, -0.1) is 22.7 Å². The Balaban J connectivity index is 1.16. The minimum absolute atomic E-state index is 0.0785. The molecule has 0 fully saturated rings. The highest BCUT2D eigenvalue weighted by Crippen LogP contribution is 2.22. The predicted molar refractivity (Wildman–Crippen MR) is 118 cm³/mol. The van der Waals surface area contributed by atoms with Crippen molar-refractivity contribution in [3.8, 4) is 21.4 Å². The first-order valence-corrected chi connectivity index (χ1v) is 11.5. The van der Waals surface area contributed by atoms with E-state index in [0.717, 1.165) is 9.75 Å². The molecule has 0 saturated carbocycles. The molecule has 0 saturated heterocycles. The molecule has 0 amide bonds. The fourth-order valence-corrected chi connectivity index (χ4v) is 4.00. The van der Waals surface area contributed by atoms with E-state index >= 15 is 0 Å². The van der Waals surface area contributed by atoms with Crippen LogP contribution in [0.4, 0.5) is 0 Å². The smallest absolute Gasteiger partial charge is 0.357 e. The van der Waals surface area contributed by atoms with Crippen LogP contribution in [-0.2, 0) is 22.7 Å². The molecule has 0 atom stereocenters. The van der Waals surface area contributed by atoms with Gasteiger partial charge in [0, 0.05) is 0 Å². The monoisotopic (exact) mass is 495 g/mol. The second-order valence-electron chi connectivity index (χ2n) is 6.54. The van der Waals surface area contributed by atoms with Gasteiger partial charge in [0.15, 0.2) is 13.2 Å². The van der Waals surface area contributed by atoms with Crippen LogP contribution in [0.2, 0.25) is 0 Å². The Labute approximate surface area is 199 Å². The molecule has 11 nitrogen and oxygen atoms in total. The predicted octanol–water partition coefficient (Wildman–Crippen LogP) is 4.02. The SMILES string of the molecule is O=C(OCc1nc(-c2cccs2)no1)c1cccc(C(=O)OCc2nc(-c3cccs3)no2)n1. The van der Waals surface area contributed by atoms with Gasteiger partial charge in [-0.1, -0.05) is 28.5 Å². The topological polar surface area (TPSA) is 143 Å². The van der Waals surface area contributed by atoms with Gasteiger partial charge in [-0.3, -0.25) is 0 Å². The number of pyridine rings is 1. The number of carbonyl (C=O) groups is 2. The van der Waals surface area contributed by atoms with Crippen molar-refractivity contribution in [3.05, 3.63) is 76.4 Å². The number of rotatable bonds is 8. The summed E-state index contributed by atoms with van der Waals surface area (Å²) < 4.78 is 20.5. The lowest BCUT2D eigenvalue weighted by Crippen LogP contribution is -2.13. The largest absolute Gasteiger partial charge is 0.451 e. The number of nitrogens with zero attached hydrogens (tertiary/aromatic N) is 5. The van der Waals surface area contributed by atoms with Gasteiger partial charge in [-0.25, -0.2) is 14.6 Å². The minimum atomic E-state index is -0.761. The van der Waals surface area contributed by atoms with E-state index in [4.69, 9.17) is 18.5 Å². The van der Waals surface area contributed by atoms with E-state index in [1.807, 2.05) is 35.0 Å². The minimum Gasteiger partial charge on any atom is -0.451 e. The Hall–Kier alpha value is -4.23. The molecule has 170 valence electrons. The molecule has 5 aromatic heterocycles. The van der Waals surface area contributed by atoms with Crippen molar-refractivity contribution in [3.63, 3.8) is 0 Å². The molecule has 0 N–H and O–H groups in total. The van der Waals surface area contributed by atoms with Crippen LogP contribution in [0.25, 0.3) is 21.4 Å². The highest BCUT2D eigenvalue weighted by atomic mass is 32.1. The number of ether oxygens (including phenoxy) is 2. The van der Waals surface area contributed by atoms with Gasteiger partial charge in [-0.2, -0.15) is 9.97 Å². The quantitative estimate of drug-likeness (QED) is 0.288. The Morgan fingerprint density at radius 1 is 0.706 bits per heavy atom. The number of aromatic nitrogens is 5. The summed E-state index contributed by atoms with van der Waals surface area (Å²) in [5.74, 6) is -0.436. The third-order valence-corrected chi connectivity index (χ3v) is 5.97. The van der Waals surface area contributed by atoms with Gasteiger partial charge in [0.2, 0.25) is 11.6 Å². The van der Waals surface area contributed by atoms with E-state index < -0.39 is 11.9 Å². The number of esters is 2. The van der Waals surface area contributed by atoms with Crippen LogP contribution in [0.15, 0.2) is 62.3 Å². The summed E-state index contributed by atoms with van der Waals surface area (Å²) in [7, 11) is 0. The maximum atomic E-state index is 12.4. The van der Waals surface area contributed by atoms with Gasteiger partial charge in [0.25, 0.3) is 11.8 Å². The standard InChI is InChI=1S/C21H13N5O6S2/c27-20(29-10-16-23-18(25-31-16)14-6-2-8-33-14)12-4-1-5-13(22-12)21(28)30-11-17-24-19(26-32-17)15-7-3-9-34-15/h1-9H,10-11H2. The molecule has 0 unspecified atom stereocenters. The third kappa shape index (κ3) is 4.89. The van der Waals surface area contributed by atoms with Crippen molar-refractivity contribution < 1.29 is 28.1 Å². The van der Waals surface area contributed by atoms with Crippen LogP contribution in [0, 0.1) is 0 Å². The van der Waals surface area contributed by atoms with Gasteiger partial charge in [-0.05, 0) is 35.0 Å². The van der Waals surface area contributed by atoms with Gasteiger partial charge >= 0.3 is 11.9 Å². The molecular weight excluding hydrogens is 482 g/mol. The van der Waals surface area contributed by atoms with Crippen LogP contribution in [0.1, 0.15) is 32.8 Å². The molecule has 13 heteroatoms. The summed E-state index contributed by atoms with van der Waals surface area (Å²) in [6, 6.07) is 11.7. The van der Waals surface area contributed by atoms with Crippen molar-refractivity contribution in [2.24, 2.45) is 0 Å². The van der Waals surface area contributed by atoms with Crippen LogP contribution in [0.3, 0.4) is 0 Å². The van der Waals surface area contributed by atoms with Crippen molar-refractivity contribution in [2.45, 2.75) is 13.2 Å². The van der Waals surface area contributed by atoms with Gasteiger partial charge in [0.1, 0.15) is 11.4 Å². The lowest BCUT2D eigenvalue weighted by Gasteiger charge is -2.04. The zero-order chi connectivity index (χ0) is 23.3. The Kier molecular flexibility index (Phi) is 6.18. The molecule has 0 aliphatic carbocycles. The van der Waals surface area contributed by atoms with Crippen LogP contribution < -0.4 is 0 Å². The summed E-state index contributed by atoms with van der Waals surface area (Å²) >= 11 is 2.92. The molecule has 0 aliphatic heterocycles. The lowest BCUT2D eigenvalue weighted by atomic mass is 10.3. The van der Waals surface area contributed by atoms with Gasteiger partial charge in [0.05, 0.1) is 9.75 Å². The molecular formula is C21H13N5O6S2. The second-order valence-corrected chi connectivity index (χ2v) is 8.43. The van der Waals surface area contributed by atoms with E-state index in [0.29, 0.717) is 11.6 Å². The Morgan fingerprint density at radius 3 is 1.65 bits per heavy atom. The van der Waals surface area contributed by atoms with Crippen molar-refractivity contribution in [2.75, 3.05) is 0 Å². The van der Waals surface area contributed by atoms with Crippen LogP contribution >= 0.6 is 22.7 Å². The molecule has 0 aliphatic rings. The van der Waals surface area contributed by atoms with E-state index in [2.05, 4.69) is 25.3 Å². The number of hydrogen-bond acceptors (Lipinski definition) is 13. The van der Waals surface area contributed by atoms with Crippen molar-refractivity contribution >= 4 is 34.6 Å². The van der Waals surface area contributed by atoms with E-state index in [1.165, 1.54) is 40.9 Å². The number of thiophene rings is 2. The van der Waals surface area contributed by atoms with E-state index in [-0.39, 0.29) is 36.4 Å². The summed E-state index contributed by atoms with van der Waals surface area (Å²) in [6.45, 7) is -0.478. The van der Waals surface area contributed by atoms with Crippen molar-refractivity contribution in [1.82, 2.24) is 25.3 Å². The molecule has 5 heterocycles. The summed E-state index contributed by atoms with van der Waals surface area (Å²) in [4.78, 5) is 38.8. The molecule has 34 heavy (non-hydrogen) atoms. The van der Waals surface area contributed by atoms with Crippen LogP contribution in [0.5, 0.6) is 0 Å². The molecule has 5 rings (SSSR count). The van der Waals surface area contributed by atoms with E-state index in [1.54, 1.807) is 0 Å². The zero-order valence-corrected chi connectivity index (χ0v) is 18.7. The fourth-order valence-electron chi connectivity index (χ4n) is 2.70. The highest BCUT2D eigenvalue weighted by Gasteiger charge is 2.18. The lowest BCUT2D eigenvalue weighted by molar-refractivity contribution is 0.0412. The fraction of sp³-hybridized carbons (Fsp3) is 0.0952. The Bertz CT molecular complexity index is 1310. The average molecular weight is 495 g/mol. The third-order valence-electron chi connectivity index (χ3n) is 4.24. The van der Waals surface area contributed by atoms with Crippen molar-refractivity contribution in [1.29, 1.82) is 0 Å². The van der Waals surface area contributed by atoms with Gasteiger partial charge < -0.3 is 18.5 Å². The first kappa shape index (κ1) is 21.6. The zero-order valence-electron chi connectivity index (χ0n) is 17.1. The maximum absolute atomic E-state index is 12.4. The number of hydrogen-bond donors (Lipinski definition) is 0. The maximum Gasteiger partial charge on any atom is 0.357 e. The summed E-state index contributed by atoms with van der Waals surface area (Å²) in [6.07, 6.45) is 0. The normalized spacial score (nSPS) is 10.8. The molecule has 0 bridgehead atoms. The highest BCUT2D eigenvalue weighted by molar-refractivity contribution is 7.13. The first-order chi connectivity index (χ1) is 16.7. The second kappa shape index (κ2) is 9.72. The average Bonchev–Trinajstić information content (AvgIpc) is 3.67. The Morgan fingerprint density at radius 2 is 1.21 bits per heavy atom. The van der Waals surface area contributed by atoms with Crippen LogP contribution in [-0.4, -0.2) is 37.2 Å². The number of carbonyl (C=O) groups excluding carboxylic acids is 2. The van der Waals surface area contributed by atoms with E-state index in [9.17, 15) is 9.59 Å². The summed E-state index contributed by atoms with van der Waals surface area (Å²) in [5.41, 5.74) is -0.157. The molecule has 5 aromatic rings. The molecule has 0 radical (unpaired) electrons. The molecule has 0 aromatic carbocycles. The first-order valence-electron chi connectivity index (χ1n) is 9.70. The molecule has 0 spiro atoms.